The third-order valence-electron chi connectivity index (χ3n) is 3.69. The molecule has 2 aromatic rings. The van der Waals surface area contributed by atoms with Crippen molar-refractivity contribution in [1.29, 1.82) is 0 Å². The van der Waals surface area contributed by atoms with E-state index in [2.05, 4.69) is 5.32 Å². The molecule has 3 rings (SSSR count). The Morgan fingerprint density at radius 3 is 2.91 bits per heavy atom. The van der Waals surface area contributed by atoms with Crippen LogP contribution in [0.5, 0.6) is 11.5 Å². The zero-order valence-corrected chi connectivity index (χ0v) is 12.6. The van der Waals surface area contributed by atoms with Gasteiger partial charge in [0.1, 0.15) is 17.3 Å². The normalized spacial score (nSPS) is 16.1. The number of hydrogen-bond acceptors (Lipinski definition) is 3. The minimum absolute atomic E-state index is 0.122. The highest BCUT2D eigenvalue weighted by atomic mass is 19.1. The van der Waals surface area contributed by atoms with Crippen LogP contribution in [-0.2, 0) is 4.79 Å². The van der Waals surface area contributed by atoms with E-state index in [1.165, 1.54) is 12.1 Å². The second-order valence-corrected chi connectivity index (χ2v) is 5.35. The molecule has 0 saturated heterocycles. The highest BCUT2D eigenvalue weighted by Crippen LogP contribution is 2.32. The number of halogens is 1. The highest BCUT2D eigenvalue weighted by Gasteiger charge is 2.23. The van der Waals surface area contributed by atoms with E-state index in [0.717, 1.165) is 5.75 Å². The number of para-hydroxylation sites is 1. The Labute approximate surface area is 134 Å². The minimum atomic E-state index is -0.332. The third kappa shape index (κ3) is 4.00. The van der Waals surface area contributed by atoms with Crippen LogP contribution in [0.2, 0.25) is 0 Å². The molecular weight excluding hydrogens is 297 g/mol. The van der Waals surface area contributed by atoms with Gasteiger partial charge in [-0.1, -0.05) is 18.2 Å². The van der Waals surface area contributed by atoms with Gasteiger partial charge in [0, 0.05) is 12.0 Å². The monoisotopic (exact) mass is 315 g/mol. The van der Waals surface area contributed by atoms with Crippen molar-refractivity contribution in [2.75, 3.05) is 13.2 Å². The van der Waals surface area contributed by atoms with Crippen LogP contribution in [0.15, 0.2) is 48.5 Å². The van der Waals surface area contributed by atoms with Gasteiger partial charge in [0.05, 0.1) is 25.7 Å². The zero-order chi connectivity index (χ0) is 16.1. The first kappa shape index (κ1) is 15.3. The van der Waals surface area contributed by atoms with Gasteiger partial charge in [-0.3, -0.25) is 4.79 Å². The molecule has 0 fully saturated rings. The van der Waals surface area contributed by atoms with Gasteiger partial charge in [-0.05, 0) is 30.3 Å². The molecule has 0 aromatic heterocycles. The second-order valence-electron chi connectivity index (χ2n) is 5.35. The smallest absolute Gasteiger partial charge is 0.223 e. The van der Waals surface area contributed by atoms with Crippen LogP contribution in [0.3, 0.4) is 0 Å². The lowest BCUT2D eigenvalue weighted by Gasteiger charge is -2.26. The summed E-state index contributed by atoms with van der Waals surface area (Å²) < 4.78 is 24.4. The predicted molar refractivity (Wildman–Crippen MR) is 83.9 cm³/mol. The molecule has 1 unspecified atom stereocenters. The van der Waals surface area contributed by atoms with Crippen molar-refractivity contribution in [2.24, 2.45) is 0 Å². The average molecular weight is 315 g/mol. The largest absolute Gasteiger partial charge is 0.493 e. The standard InChI is InChI=1S/C18H18FNO3/c19-13-6-7-17-15(12-13)16(8-10-23-17)20-18(21)9-11-22-14-4-2-1-3-5-14/h1-7,12,16H,8-11H2,(H,20,21). The summed E-state index contributed by atoms with van der Waals surface area (Å²) in [6.45, 7) is 0.805. The molecule has 1 aliphatic heterocycles. The average Bonchev–Trinajstić information content (AvgIpc) is 2.56. The van der Waals surface area contributed by atoms with E-state index in [-0.39, 0.29) is 24.2 Å². The van der Waals surface area contributed by atoms with E-state index in [1.807, 2.05) is 30.3 Å². The Hall–Kier alpha value is -2.56. The van der Waals surface area contributed by atoms with Crippen molar-refractivity contribution in [3.8, 4) is 11.5 Å². The number of carbonyl (C=O) groups is 1. The van der Waals surface area contributed by atoms with Crippen LogP contribution < -0.4 is 14.8 Å². The van der Waals surface area contributed by atoms with E-state index in [9.17, 15) is 9.18 Å². The highest BCUT2D eigenvalue weighted by molar-refractivity contribution is 5.76. The van der Waals surface area contributed by atoms with Crippen molar-refractivity contribution >= 4 is 5.91 Å². The van der Waals surface area contributed by atoms with Crippen LogP contribution >= 0.6 is 0 Å². The number of fused-ring (bicyclic) bond motifs is 1. The predicted octanol–water partition coefficient (Wildman–Crippen LogP) is 3.23. The number of amides is 1. The fraction of sp³-hybridized carbons (Fsp3) is 0.278. The molecule has 1 aliphatic rings. The Bertz CT molecular complexity index is 675. The molecule has 120 valence electrons. The number of carbonyl (C=O) groups excluding carboxylic acids is 1. The molecule has 0 radical (unpaired) electrons. The summed E-state index contributed by atoms with van der Waals surface area (Å²) in [4.78, 5) is 12.1. The lowest BCUT2D eigenvalue weighted by Crippen LogP contribution is -2.33. The summed E-state index contributed by atoms with van der Waals surface area (Å²) in [7, 11) is 0. The van der Waals surface area contributed by atoms with Crippen molar-refractivity contribution in [1.82, 2.24) is 5.32 Å². The zero-order valence-electron chi connectivity index (χ0n) is 12.6. The fourth-order valence-electron chi connectivity index (χ4n) is 2.56. The maximum atomic E-state index is 13.4. The second kappa shape index (κ2) is 7.13. The molecule has 23 heavy (non-hydrogen) atoms. The van der Waals surface area contributed by atoms with Gasteiger partial charge in [-0.25, -0.2) is 4.39 Å². The molecular formula is C18H18FNO3. The first-order valence-electron chi connectivity index (χ1n) is 7.62. The summed E-state index contributed by atoms with van der Waals surface area (Å²) in [5.74, 6) is 0.909. The van der Waals surface area contributed by atoms with Crippen LogP contribution in [0.1, 0.15) is 24.4 Å². The first-order chi connectivity index (χ1) is 11.2. The lowest BCUT2D eigenvalue weighted by atomic mass is 10.0. The van der Waals surface area contributed by atoms with Crippen LogP contribution in [-0.4, -0.2) is 19.1 Å². The molecule has 0 spiro atoms. The number of nitrogens with one attached hydrogen (secondary N) is 1. The van der Waals surface area contributed by atoms with Gasteiger partial charge in [0.25, 0.3) is 0 Å². The lowest BCUT2D eigenvalue weighted by molar-refractivity contribution is -0.122. The Morgan fingerprint density at radius 1 is 1.26 bits per heavy atom. The topological polar surface area (TPSA) is 47.6 Å². The third-order valence-corrected chi connectivity index (χ3v) is 3.69. The van der Waals surface area contributed by atoms with E-state index in [0.29, 0.717) is 30.9 Å². The minimum Gasteiger partial charge on any atom is -0.493 e. The Balaban J connectivity index is 1.54. The van der Waals surface area contributed by atoms with Crippen LogP contribution in [0, 0.1) is 5.82 Å². The van der Waals surface area contributed by atoms with Gasteiger partial charge in [0.15, 0.2) is 0 Å². The molecule has 4 nitrogen and oxygen atoms in total. The quantitative estimate of drug-likeness (QED) is 0.921. The van der Waals surface area contributed by atoms with E-state index < -0.39 is 0 Å². The first-order valence-corrected chi connectivity index (χ1v) is 7.62. The van der Waals surface area contributed by atoms with Crippen LogP contribution in [0.4, 0.5) is 4.39 Å². The van der Waals surface area contributed by atoms with Crippen LogP contribution in [0.25, 0.3) is 0 Å². The molecule has 1 heterocycles. The maximum Gasteiger partial charge on any atom is 0.223 e. The summed E-state index contributed by atoms with van der Waals surface area (Å²) in [6, 6.07) is 13.5. The fourth-order valence-corrected chi connectivity index (χ4v) is 2.56. The van der Waals surface area contributed by atoms with Gasteiger partial charge < -0.3 is 14.8 Å². The van der Waals surface area contributed by atoms with E-state index >= 15 is 0 Å². The molecule has 0 aliphatic carbocycles. The Kier molecular flexibility index (Phi) is 4.76. The van der Waals surface area contributed by atoms with Crippen molar-refractivity contribution in [3.05, 3.63) is 59.9 Å². The maximum absolute atomic E-state index is 13.4. The van der Waals surface area contributed by atoms with Gasteiger partial charge >= 0.3 is 0 Å². The summed E-state index contributed by atoms with van der Waals surface area (Å²) in [6.07, 6.45) is 0.874. The van der Waals surface area contributed by atoms with E-state index in [4.69, 9.17) is 9.47 Å². The van der Waals surface area contributed by atoms with Gasteiger partial charge in [0.2, 0.25) is 5.91 Å². The SMILES string of the molecule is O=C(CCOc1ccccc1)NC1CCOc2ccc(F)cc21. The molecule has 5 heteroatoms. The molecule has 2 aromatic carbocycles. The van der Waals surface area contributed by atoms with Gasteiger partial charge in [-0.2, -0.15) is 0 Å². The van der Waals surface area contributed by atoms with E-state index in [1.54, 1.807) is 6.07 Å². The summed E-state index contributed by atoms with van der Waals surface area (Å²) in [5.41, 5.74) is 0.688. The molecule has 1 atom stereocenters. The molecule has 1 N–H and O–H groups in total. The molecule has 1 amide bonds. The van der Waals surface area contributed by atoms with Gasteiger partial charge in [-0.15, -0.1) is 0 Å². The summed E-state index contributed by atoms with van der Waals surface area (Å²) in [5, 5.41) is 2.92. The number of benzene rings is 2. The number of rotatable bonds is 5. The summed E-state index contributed by atoms with van der Waals surface area (Å²) >= 11 is 0. The van der Waals surface area contributed by atoms with Crippen molar-refractivity contribution in [3.63, 3.8) is 0 Å². The van der Waals surface area contributed by atoms with Crippen molar-refractivity contribution < 1.29 is 18.7 Å². The molecule has 0 saturated carbocycles. The number of hydrogen-bond donors (Lipinski definition) is 1. The molecule has 0 bridgehead atoms. The van der Waals surface area contributed by atoms with Crippen molar-refractivity contribution in [2.45, 2.75) is 18.9 Å². The Morgan fingerprint density at radius 2 is 2.09 bits per heavy atom. The number of ether oxygens (including phenoxy) is 2.